The van der Waals surface area contributed by atoms with E-state index in [1.165, 1.54) is 0 Å². The van der Waals surface area contributed by atoms with Gasteiger partial charge in [0.25, 0.3) is 0 Å². The molecule has 0 radical (unpaired) electrons. The van der Waals surface area contributed by atoms with Crippen molar-refractivity contribution in [3.8, 4) is 5.82 Å². The van der Waals surface area contributed by atoms with Gasteiger partial charge in [0.2, 0.25) is 0 Å². The Bertz CT molecular complexity index is 608. The molecular weight excluding hydrogens is 282 g/mol. The van der Waals surface area contributed by atoms with Crippen molar-refractivity contribution in [1.82, 2.24) is 25.4 Å². The molecule has 2 amide bonds. The van der Waals surface area contributed by atoms with Crippen LogP contribution < -0.4 is 10.6 Å². The van der Waals surface area contributed by atoms with E-state index in [1.54, 1.807) is 17.1 Å². The average molecular weight is 301 g/mol. The van der Waals surface area contributed by atoms with Crippen LogP contribution in [0.5, 0.6) is 0 Å². The monoisotopic (exact) mass is 301 g/mol. The van der Waals surface area contributed by atoms with E-state index in [1.807, 2.05) is 24.4 Å². The van der Waals surface area contributed by atoms with E-state index in [2.05, 4.69) is 20.7 Å². The Morgan fingerprint density at radius 3 is 3.14 bits per heavy atom. The van der Waals surface area contributed by atoms with E-state index in [9.17, 15) is 4.79 Å². The standard InChI is InChI=1S/C15H19N5O2/c21-15(18-11-13-3-1-8-22-13)17-10-12-4-6-16-14(9-12)20-7-2-5-19-20/h2,4-7,9,13H,1,3,8,10-11H2,(H2,17,18,21)/t13-/m1/s1. The summed E-state index contributed by atoms with van der Waals surface area (Å²) in [5, 5.41) is 9.80. The van der Waals surface area contributed by atoms with Crippen molar-refractivity contribution >= 4 is 6.03 Å². The Morgan fingerprint density at radius 2 is 2.36 bits per heavy atom. The molecule has 0 spiro atoms. The molecule has 0 aliphatic carbocycles. The number of pyridine rings is 1. The van der Waals surface area contributed by atoms with Gasteiger partial charge < -0.3 is 15.4 Å². The topological polar surface area (TPSA) is 81.1 Å². The summed E-state index contributed by atoms with van der Waals surface area (Å²) in [4.78, 5) is 16.0. The van der Waals surface area contributed by atoms with Crippen LogP contribution in [0, 0.1) is 0 Å². The van der Waals surface area contributed by atoms with Crippen LogP contribution in [0.4, 0.5) is 4.79 Å². The van der Waals surface area contributed by atoms with Crippen molar-refractivity contribution in [3.05, 3.63) is 42.4 Å². The molecule has 0 bridgehead atoms. The third kappa shape index (κ3) is 3.82. The van der Waals surface area contributed by atoms with Gasteiger partial charge in [-0.25, -0.2) is 14.5 Å². The molecule has 1 atom stereocenters. The van der Waals surface area contributed by atoms with Gasteiger partial charge in [0.05, 0.1) is 6.10 Å². The van der Waals surface area contributed by atoms with E-state index in [-0.39, 0.29) is 12.1 Å². The largest absolute Gasteiger partial charge is 0.376 e. The highest BCUT2D eigenvalue weighted by atomic mass is 16.5. The van der Waals surface area contributed by atoms with E-state index < -0.39 is 0 Å². The van der Waals surface area contributed by atoms with Gasteiger partial charge in [0, 0.05) is 38.3 Å². The molecule has 2 aromatic rings. The number of hydrogen-bond donors (Lipinski definition) is 2. The predicted molar refractivity (Wildman–Crippen MR) is 80.6 cm³/mol. The Balaban J connectivity index is 1.48. The summed E-state index contributed by atoms with van der Waals surface area (Å²) in [6, 6.07) is 5.42. The number of carbonyl (C=O) groups excluding carboxylic acids is 1. The molecule has 1 saturated heterocycles. The second kappa shape index (κ2) is 7.04. The number of carbonyl (C=O) groups is 1. The summed E-state index contributed by atoms with van der Waals surface area (Å²) in [7, 11) is 0. The van der Waals surface area contributed by atoms with Gasteiger partial charge in [0.15, 0.2) is 5.82 Å². The van der Waals surface area contributed by atoms with Crippen LogP contribution >= 0.6 is 0 Å². The molecule has 0 saturated carbocycles. The third-order valence-corrected chi connectivity index (χ3v) is 3.52. The van der Waals surface area contributed by atoms with Crippen LogP contribution in [0.25, 0.3) is 5.82 Å². The van der Waals surface area contributed by atoms with Crippen LogP contribution in [-0.2, 0) is 11.3 Å². The lowest BCUT2D eigenvalue weighted by Gasteiger charge is -2.12. The molecule has 2 N–H and O–H groups in total. The van der Waals surface area contributed by atoms with Crippen LogP contribution in [0.1, 0.15) is 18.4 Å². The Morgan fingerprint density at radius 1 is 1.41 bits per heavy atom. The van der Waals surface area contributed by atoms with Crippen molar-refractivity contribution in [3.63, 3.8) is 0 Å². The quantitative estimate of drug-likeness (QED) is 0.871. The summed E-state index contributed by atoms with van der Waals surface area (Å²) in [6.07, 6.45) is 7.47. The number of nitrogens with zero attached hydrogens (tertiary/aromatic N) is 3. The number of ether oxygens (including phenoxy) is 1. The maximum absolute atomic E-state index is 11.8. The molecule has 3 rings (SSSR count). The molecule has 1 aliphatic rings. The van der Waals surface area contributed by atoms with E-state index >= 15 is 0 Å². The highest BCUT2D eigenvalue weighted by Gasteiger charge is 2.15. The van der Waals surface area contributed by atoms with Crippen molar-refractivity contribution in [2.75, 3.05) is 13.2 Å². The first-order valence-corrected chi connectivity index (χ1v) is 7.39. The number of nitrogens with one attached hydrogen (secondary N) is 2. The first-order valence-electron chi connectivity index (χ1n) is 7.39. The number of urea groups is 1. The highest BCUT2D eigenvalue weighted by molar-refractivity contribution is 5.73. The minimum atomic E-state index is -0.187. The molecule has 116 valence electrons. The second-order valence-electron chi connectivity index (χ2n) is 5.17. The molecule has 2 aromatic heterocycles. The molecule has 7 heteroatoms. The minimum Gasteiger partial charge on any atom is -0.376 e. The predicted octanol–water partition coefficient (Wildman–Crippen LogP) is 1.25. The lowest BCUT2D eigenvalue weighted by atomic mass is 10.2. The molecule has 0 unspecified atom stereocenters. The van der Waals surface area contributed by atoms with Crippen LogP contribution in [-0.4, -0.2) is 40.1 Å². The van der Waals surface area contributed by atoms with E-state index in [0.717, 1.165) is 30.8 Å². The summed E-state index contributed by atoms with van der Waals surface area (Å²) in [6.45, 7) is 1.79. The fraction of sp³-hybridized carbons (Fsp3) is 0.400. The van der Waals surface area contributed by atoms with Crippen molar-refractivity contribution < 1.29 is 9.53 Å². The number of aromatic nitrogens is 3. The first kappa shape index (κ1) is 14.5. The molecule has 0 aromatic carbocycles. The smallest absolute Gasteiger partial charge is 0.315 e. The molecule has 22 heavy (non-hydrogen) atoms. The number of amides is 2. The Hall–Kier alpha value is -2.41. The Kier molecular flexibility index (Phi) is 4.65. The van der Waals surface area contributed by atoms with E-state index in [4.69, 9.17) is 4.74 Å². The van der Waals surface area contributed by atoms with Gasteiger partial charge in [-0.05, 0) is 36.6 Å². The zero-order valence-electron chi connectivity index (χ0n) is 12.2. The zero-order valence-corrected chi connectivity index (χ0v) is 12.2. The summed E-state index contributed by atoms with van der Waals surface area (Å²) >= 11 is 0. The molecular formula is C15H19N5O2. The van der Waals surface area contributed by atoms with Gasteiger partial charge in [-0.3, -0.25) is 0 Å². The average Bonchev–Trinajstić information content (AvgIpc) is 3.24. The summed E-state index contributed by atoms with van der Waals surface area (Å²) in [5.74, 6) is 0.726. The van der Waals surface area contributed by atoms with Crippen molar-refractivity contribution in [2.24, 2.45) is 0 Å². The lowest BCUT2D eigenvalue weighted by Crippen LogP contribution is -2.39. The molecule has 3 heterocycles. The van der Waals surface area contributed by atoms with Crippen LogP contribution in [0.15, 0.2) is 36.8 Å². The summed E-state index contributed by atoms with van der Waals surface area (Å²) < 4.78 is 7.14. The van der Waals surface area contributed by atoms with Crippen LogP contribution in [0.3, 0.4) is 0 Å². The van der Waals surface area contributed by atoms with Gasteiger partial charge in [0.1, 0.15) is 0 Å². The highest BCUT2D eigenvalue weighted by Crippen LogP contribution is 2.10. The Labute approximate surface area is 128 Å². The van der Waals surface area contributed by atoms with Gasteiger partial charge in [-0.2, -0.15) is 5.10 Å². The molecule has 1 aliphatic heterocycles. The van der Waals surface area contributed by atoms with Gasteiger partial charge >= 0.3 is 6.03 Å². The SMILES string of the molecule is O=C(NCc1ccnc(-n2cccn2)c1)NC[C@H]1CCCO1. The maximum atomic E-state index is 11.8. The van der Waals surface area contributed by atoms with Crippen molar-refractivity contribution in [2.45, 2.75) is 25.5 Å². The van der Waals surface area contributed by atoms with Gasteiger partial charge in [-0.15, -0.1) is 0 Å². The maximum Gasteiger partial charge on any atom is 0.315 e. The van der Waals surface area contributed by atoms with Gasteiger partial charge in [-0.1, -0.05) is 0 Å². The fourth-order valence-corrected chi connectivity index (χ4v) is 2.36. The zero-order chi connectivity index (χ0) is 15.2. The molecule has 1 fully saturated rings. The lowest BCUT2D eigenvalue weighted by molar-refractivity contribution is 0.111. The molecule has 7 nitrogen and oxygen atoms in total. The third-order valence-electron chi connectivity index (χ3n) is 3.52. The number of hydrogen-bond acceptors (Lipinski definition) is 4. The normalized spacial score (nSPS) is 17.4. The first-order chi connectivity index (χ1) is 10.8. The summed E-state index contributed by atoms with van der Waals surface area (Å²) in [5.41, 5.74) is 0.966. The van der Waals surface area contributed by atoms with Crippen molar-refractivity contribution in [1.29, 1.82) is 0 Å². The minimum absolute atomic E-state index is 0.151. The fourth-order valence-electron chi connectivity index (χ4n) is 2.36. The number of rotatable bonds is 5. The second-order valence-corrected chi connectivity index (χ2v) is 5.17. The van der Waals surface area contributed by atoms with Crippen LogP contribution in [0.2, 0.25) is 0 Å². The van der Waals surface area contributed by atoms with E-state index in [0.29, 0.717) is 13.1 Å².